The highest BCUT2D eigenvalue weighted by Gasteiger charge is 2.34. The lowest BCUT2D eigenvalue weighted by Gasteiger charge is -2.33. The first-order valence-electron chi connectivity index (χ1n) is 6.59. The number of hydrogen-bond acceptors (Lipinski definition) is 2. The van der Waals surface area contributed by atoms with Crippen LogP contribution in [0.1, 0.15) is 43.6 Å². The van der Waals surface area contributed by atoms with Crippen LogP contribution in [0.5, 0.6) is 5.75 Å². The van der Waals surface area contributed by atoms with Crippen LogP contribution >= 0.6 is 0 Å². The van der Waals surface area contributed by atoms with Crippen LogP contribution in [0.2, 0.25) is 0 Å². The quantitative estimate of drug-likeness (QED) is 0.729. The number of aldehydes is 1. The third-order valence-corrected chi connectivity index (χ3v) is 4.17. The molecule has 0 aromatic heterocycles. The average Bonchev–Trinajstić information content (AvgIpc) is 2.91. The van der Waals surface area contributed by atoms with Crippen LogP contribution in [0.15, 0.2) is 24.3 Å². The summed E-state index contributed by atoms with van der Waals surface area (Å²) in [7, 11) is 0. The topological polar surface area (TPSA) is 26.3 Å². The molecular weight excluding hydrogens is 212 g/mol. The van der Waals surface area contributed by atoms with Crippen LogP contribution in [-0.2, 0) is 4.79 Å². The van der Waals surface area contributed by atoms with E-state index < -0.39 is 0 Å². The van der Waals surface area contributed by atoms with E-state index in [9.17, 15) is 4.79 Å². The van der Waals surface area contributed by atoms with Crippen molar-refractivity contribution in [3.63, 3.8) is 0 Å². The van der Waals surface area contributed by atoms with Gasteiger partial charge in [-0.15, -0.1) is 0 Å². The van der Waals surface area contributed by atoms with E-state index in [4.69, 9.17) is 4.74 Å². The predicted molar refractivity (Wildman–Crippen MR) is 66.2 cm³/mol. The monoisotopic (exact) mass is 230 g/mol. The molecule has 0 bridgehead atoms. The Balaban J connectivity index is 1.86. The summed E-state index contributed by atoms with van der Waals surface area (Å²) in [4.78, 5) is 11.2. The minimum atomic E-state index is 0.0329. The van der Waals surface area contributed by atoms with Gasteiger partial charge < -0.3 is 9.53 Å². The van der Waals surface area contributed by atoms with Crippen LogP contribution in [-0.4, -0.2) is 12.4 Å². The first kappa shape index (κ1) is 10.8. The molecule has 2 heteroatoms. The summed E-state index contributed by atoms with van der Waals surface area (Å²) in [6, 6.07) is 7.97. The number of fused-ring (bicyclic) bond motifs is 1. The highest BCUT2D eigenvalue weighted by Crippen LogP contribution is 2.40. The zero-order chi connectivity index (χ0) is 11.7. The summed E-state index contributed by atoms with van der Waals surface area (Å²) >= 11 is 0. The number of carbonyl (C=O) groups excluding carboxylic acids is 1. The second-order valence-corrected chi connectivity index (χ2v) is 5.22. The van der Waals surface area contributed by atoms with Crippen LogP contribution in [0.3, 0.4) is 0 Å². The predicted octanol–water partition coefficient (Wildman–Crippen LogP) is 3.31. The van der Waals surface area contributed by atoms with Crippen molar-refractivity contribution < 1.29 is 9.53 Å². The van der Waals surface area contributed by atoms with Gasteiger partial charge in [0.05, 0.1) is 0 Å². The third kappa shape index (κ3) is 1.97. The van der Waals surface area contributed by atoms with Gasteiger partial charge in [-0.1, -0.05) is 31.0 Å². The Labute approximate surface area is 102 Å². The van der Waals surface area contributed by atoms with Crippen molar-refractivity contribution in [2.24, 2.45) is 5.92 Å². The molecule has 0 saturated heterocycles. The molecule has 0 N–H and O–H groups in total. The van der Waals surface area contributed by atoms with Crippen molar-refractivity contribution in [3.05, 3.63) is 29.8 Å². The second kappa shape index (κ2) is 4.52. The lowest BCUT2D eigenvalue weighted by Crippen LogP contribution is -2.32. The maximum Gasteiger partial charge on any atom is 0.127 e. The van der Waals surface area contributed by atoms with Crippen molar-refractivity contribution in [1.29, 1.82) is 0 Å². The normalized spacial score (nSPS) is 28.5. The lowest BCUT2D eigenvalue weighted by molar-refractivity contribution is -0.110. The molecule has 1 fully saturated rings. The molecule has 2 atom stereocenters. The molecular formula is C15H18O2. The first-order chi connectivity index (χ1) is 8.38. The Bertz CT molecular complexity index is 407. The van der Waals surface area contributed by atoms with Gasteiger partial charge >= 0.3 is 0 Å². The molecule has 1 aliphatic carbocycles. The summed E-state index contributed by atoms with van der Waals surface area (Å²) in [5.74, 6) is 1.61. The Kier molecular flexibility index (Phi) is 2.87. The fourth-order valence-corrected chi connectivity index (χ4v) is 3.23. The van der Waals surface area contributed by atoms with E-state index in [0.717, 1.165) is 24.0 Å². The van der Waals surface area contributed by atoms with Crippen molar-refractivity contribution >= 4 is 6.29 Å². The maximum atomic E-state index is 11.2. The second-order valence-electron chi connectivity index (χ2n) is 5.22. The van der Waals surface area contributed by atoms with Crippen molar-refractivity contribution in [1.82, 2.24) is 0 Å². The first-order valence-corrected chi connectivity index (χ1v) is 6.59. The molecule has 0 radical (unpaired) electrons. The van der Waals surface area contributed by atoms with E-state index in [0.29, 0.717) is 5.92 Å². The van der Waals surface area contributed by atoms with Crippen LogP contribution < -0.4 is 4.74 Å². The minimum Gasteiger partial charge on any atom is -0.490 e. The van der Waals surface area contributed by atoms with Gasteiger partial charge in [0.2, 0.25) is 0 Å². The molecule has 17 heavy (non-hydrogen) atoms. The fraction of sp³-hybridized carbons (Fsp3) is 0.533. The number of para-hydroxylation sites is 1. The van der Waals surface area contributed by atoms with E-state index in [1.807, 2.05) is 24.3 Å². The van der Waals surface area contributed by atoms with E-state index in [-0.39, 0.29) is 12.0 Å². The summed E-state index contributed by atoms with van der Waals surface area (Å²) < 4.78 is 6.09. The van der Waals surface area contributed by atoms with Gasteiger partial charge in [-0.25, -0.2) is 0 Å². The molecule has 2 aliphatic rings. The summed E-state index contributed by atoms with van der Waals surface area (Å²) in [6.07, 6.45) is 7.36. The van der Waals surface area contributed by atoms with Gasteiger partial charge in [0.15, 0.2) is 0 Å². The molecule has 2 nitrogen and oxygen atoms in total. The number of ether oxygens (including phenoxy) is 1. The van der Waals surface area contributed by atoms with Crippen molar-refractivity contribution in [3.8, 4) is 5.75 Å². The SMILES string of the molecule is O=CC1CC(C2CCCC2)Oc2ccccc21. The van der Waals surface area contributed by atoms with Crippen molar-refractivity contribution in [2.75, 3.05) is 0 Å². The standard InChI is InChI=1S/C15H18O2/c16-10-12-9-15(11-5-1-2-6-11)17-14-8-4-3-7-13(12)14/h3-4,7-8,10-12,15H,1-2,5-6,9H2. The smallest absolute Gasteiger partial charge is 0.127 e. The fourth-order valence-electron chi connectivity index (χ4n) is 3.23. The summed E-state index contributed by atoms with van der Waals surface area (Å²) in [5.41, 5.74) is 1.07. The largest absolute Gasteiger partial charge is 0.490 e. The molecule has 2 unspecified atom stereocenters. The molecule has 1 saturated carbocycles. The molecule has 3 rings (SSSR count). The third-order valence-electron chi connectivity index (χ3n) is 4.17. The Morgan fingerprint density at radius 3 is 2.71 bits per heavy atom. The van der Waals surface area contributed by atoms with Gasteiger partial charge in [0, 0.05) is 11.5 Å². The summed E-state index contributed by atoms with van der Waals surface area (Å²) in [5, 5.41) is 0. The Hall–Kier alpha value is -1.31. The molecule has 90 valence electrons. The highest BCUT2D eigenvalue weighted by molar-refractivity contribution is 5.65. The minimum absolute atomic E-state index is 0.0329. The Morgan fingerprint density at radius 1 is 1.18 bits per heavy atom. The maximum absolute atomic E-state index is 11.2. The molecule has 1 aliphatic heterocycles. The molecule has 1 aromatic carbocycles. The zero-order valence-electron chi connectivity index (χ0n) is 9.97. The van der Waals surface area contributed by atoms with Crippen molar-refractivity contribution in [2.45, 2.75) is 44.1 Å². The molecule has 0 spiro atoms. The summed E-state index contributed by atoms with van der Waals surface area (Å²) in [6.45, 7) is 0. The van der Waals surface area contributed by atoms with Gasteiger partial charge in [0.1, 0.15) is 18.1 Å². The zero-order valence-corrected chi connectivity index (χ0v) is 9.97. The van der Waals surface area contributed by atoms with Crippen LogP contribution in [0, 0.1) is 5.92 Å². The number of benzene rings is 1. The van der Waals surface area contributed by atoms with E-state index in [1.54, 1.807) is 0 Å². The Morgan fingerprint density at radius 2 is 1.94 bits per heavy atom. The number of hydrogen-bond donors (Lipinski definition) is 0. The lowest BCUT2D eigenvalue weighted by atomic mass is 9.85. The van der Waals surface area contributed by atoms with E-state index in [2.05, 4.69) is 0 Å². The van der Waals surface area contributed by atoms with Crippen LogP contribution in [0.25, 0.3) is 0 Å². The van der Waals surface area contributed by atoms with Gasteiger partial charge in [-0.2, -0.15) is 0 Å². The molecule has 1 heterocycles. The van der Waals surface area contributed by atoms with E-state index >= 15 is 0 Å². The van der Waals surface area contributed by atoms with Crippen LogP contribution in [0.4, 0.5) is 0 Å². The highest BCUT2D eigenvalue weighted by atomic mass is 16.5. The van der Waals surface area contributed by atoms with E-state index in [1.165, 1.54) is 25.7 Å². The number of rotatable bonds is 2. The number of carbonyl (C=O) groups is 1. The molecule has 1 aromatic rings. The average molecular weight is 230 g/mol. The van der Waals surface area contributed by atoms with Gasteiger partial charge in [0.25, 0.3) is 0 Å². The van der Waals surface area contributed by atoms with Gasteiger partial charge in [-0.3, -0.25) is 0 Å². The van der Waals surface area contributed by atoms with Gasteiger partial charge in [-0.05, 0) is 31.2 Å². The molecule has 0 amide bonds.